The number of hydrogen-bond donors (Lipinski definition) is 0. The Morgan fingerprint density at radius 3 is 3.09 bits per heavy atom. The van der Waals surface area contributed by atoms with Crippen molar-refractivity contribution in [3.05, 3.63) is 22.0 Å². The maximum atomic E-state index is 4.23. The van der Waals surface area contributed by atoms with Crippen molar-refractivity contribution in [3.8, 4) is 0 Å². The monoisotopic (exact) mass is 259 g/mol. The fourth-order valence-corrected chi connectivity index (χ4v) is 1.79. The average molecular weight is 259 g/mol. The van der Waals surface area contributed by atoms with Gasteiger partial charge in [0.05, 0.1) is 5.52 Å². The minimum atomic E-state index is 0.959. The van der Waals surface area contributed by atoms with E-state index in [0.29, 0.717) is 0 Å². The van der Waals surface area contributed by atoms with Crippen LogP contribution in [-0.4, -0.2) is 14.8 Å². The Bertz CT molecular complexity index is 357. The second-order valence-corrected chi connectivity index (χ2v) is 3.31. The number of rotatable bonds is 0. The maximum absolute atomic E-state index is 4.23. The molecule has 3 nitrogen and oxygen atoms in total. The predicted molar refractivity (Wildman–Crippen MR) is 51.2 cm³/mol. The van der Waals surface area contributed by atoms with Crippen LogP contribution in [0.1, 0.15) is 0 Å². The van der Waals surface area contributed by atoms with E-state index in [1.54, 1.807) is 6.20 Å². The van der Waals surface area contributed by atoms with Crippen LogP contribution in [-0.2, 0) is 7.05 Å². The second kappa shape index (κ2) is 2.44. The second-order valence-electron chi connectivity index (χ2n) is 2.29. The smallest absolute Gasteiger partial charge is 0.149 e. The lowest BCUT2D eigenvalue weighted by molar-refractivity contribution is 0.787. The Morgan fingerprint density at radius 2 is 2.36 bits per heavy atom. The molecule has 0 aliphatic rings. The van der Waals surface area contributed by atoms with Gasteiger partial charge in [0.2, 0.25) is 0 Å². The van der Waals surface area contributed by atoms with Crippen molar-refractivity contribution in [2.24, 2.45) is 7.05 Å². The molecule has 0 N–H and O–H groups in total. The fraction of sp³-hybridized carbons (Fsp3) is 0.143. The summed E-state index contributed by atoms with van der Waals surface area (Å²) in [5.41, 5.74) is 2.06. The lowest BCUT2D eigenvalue weighted by Crippen LogP contribution is -1.88. The Balaban J connectivity index is 2.95. The summed E-state index contributed by atoms with van der Waals surface area (Å²) in [6, 6.07) is 3.93. The molecule has 0 saturated carbocycles. The molecule has 2 heterocycles. The van der Waals surface area contributed by atoms with Gasteiger partial charge in [-0.15, -0.1) is 0 Å². The fourth-order valence-electron chi connectivity index (χ4n) is 1.05. The minimum Gasteiger partial charge on any atom is -0.265 e. The summed E-state index contributed by atoms with van der Waals surface area (Å²) in [6.07, 6.45) is 1.78. The first kappa shape index (κ1) is 7.02. The van der Waals surface area contributed by atoms with Crippen LogP contribution < -0.4 is 0 Å². The van der Waals surface area contributed by atoms with Gasteiger partial charge in [-0.25, -0.2) is 0 Å². The molecule has 0 bridgehead atoms. The van der Waals surface area contributed by atoms with Crippen molar-refractivity contribution >= 4 is 33.6 Å². The third-order valence-electron chi connectivity index (χ3n) is 1.57. The summed E-state index contributed by atoms with van der Waals surface area (Å²) >= 11 is 2.18. The summed E-state index contributed by atoms with van der Waals surface area (Å²) in [4.78, 5) is 4.21. The first-order valence-electron chi connectivity index (χ1n) is 3.22. The van der Waals surface area contributed by atoms with Gasteiger partial charge in [-0.3, -0.25) is 9.67 Å². The molecule has 11 heavy (non-hydrogen) atoms. The lowest BCUT2D eigenvalue weighted by Gasteiger charge is -1.89. The van der Waals surface area contributed by atoms with Crippen molar-refractivity contribution in [3.63, 3.8) is 0 Å². The maximum Gasteiger partial charge on any atom is 0.149 e. The molecule has 0 fully saturated rings. The zero-order chi connectivity index (χ0) is 7.84. The molecule has 0 aliphatic heterocycles. The van der Waals surface area contributed by atoms with Crippen LogP contribution in [0.3, 0.4) is 0 Å². The summed E-state index contributed by atoms with van der Waals surface area (Å²) < 4.78 is 2.80. The molecule has 0 aromatic carbocycles. The van der Waals surface area contributed by atoms with Gasteiger partial charge < -0.3 is 0 Å². The Hall–Kier alpha value is -0.650. The van der Waals surface area contributed by atoms with Crippen molar-refractivity contribution < 1.29 is 0 Å². The topological polar surface area (TPSA) is 30.7 Å². The molecular weight excluding hydrogens is 253 g/mol. The normalized spacial score (nSPS) is 10.7. The Morgan fingerprint density at radius 1 is 1.55 bits per heavy atom. The van der Waals surface area contributed by atoms with Crippen molar-refractivity contribution in [2.75, 3.05) is 0 Å². The van der Waals surface area contributed by atoms with Crippen molar-refractivity contribution in [1.29, 1.82) is 0 Å². The number of halogens is 1. The molecule has 0 aliphatic carbocycles. The van der Waals surface area contributed by atoms with Crippen LogP contribution in [0, 0.1) is 3.70 Å². The number of pyridine rings is 1. The van der Waals surface area contributed by atoms with Crippen LogP contribution in [0.4, 0.5) is 0 Å². The van der Waals surface area contributed by atoms with Gasteiger partial charge in [0.25, 0.3) is 0 Å². The zero-order valence-electron chi connectivity index (χ0n) is 5.95. The van der Waals surface area contributed by atoms with E-state index in [-0.39, 0.29) is 0 Å². The number of aryl methyl sites for hydroxylation is 1. The van der Waals surface area contributed by atoms with Crippen molar-refractivity contribution in [1.82, 2.24) is 14.8 Å². The van der Waals surface area contributed by atoms with Gasteiger partial charge >= 0.3 is 0 Å². The van der Waals surface area contributed by atoms with Crippen LogP contribution in [0.15, 0.2) is 18.3 Å². The third-order valence-corrected chi connectivity index (χ3v) is 2.29. The van der Waals surface area contributed by atoms with Gasteiger partial charge in [-0.1, -0.05) is 0 Å². The van der Waals surface area contributed by atoms with Gasteiger partial charge in [0.15, 0.2) is 0 Å². The highest BCUT2D eigenvalue weighted by Crippen LogP contribution is 2.15. The number of aromatic nitrogens is 3. The summed E-state index contributed by atoms with van der Waals surface area (Å²) in [7, 11) is 1.92. The summed E-state index contributed by atoms with van der Waals surface area (Å²) in [6.45, 7) is 0. The standard InChI is InChI=1S/C7H6IN3/c1-11-5-3-2-4-9-6(5)7(8)10-11/h2-4H,1H3. The van der Waals surface area contributed by atoms with Gasteiger partial charge in [-0.2, -0.15) is 5.10 Å². The zero-order valence-corrected chi connectivity index (χ0v) is 8.11. The lowest BCUT2D eigenvalue weighted by atomic mass is 10.4. The number of fused-ring (bicyclic) bond motifs is 1. The van der Waals surface area contributed by atoms with Crippen LogP contribution in [0.2, 0.25) is 0 Å². The van der Waals surface area contributed by atoms with E-state index < -0.39 is 0 Å². The molecule has 2 aromatic rings. The van der Waals surface area contributed by atoms with E-state index in [2.05, 4.69) is 32.7 Å². The Kier molecular flexibility index (Phi) is 1.56. The third kappa shape index (κ3) is 1.01. The van der Waals surface area contributed by atoms with Crippen LogP contribution in [0.25, 0.3) is 11.0 Å². The van der Waals surface area contributed by atoms with Crippen molar-refractivity contribution in [2.45, 2.75) is 0 Å². The molecule has 0 spiro atoms. The first-order chi connectivity index (χ1) is 5.29. The average Bonchev–Trinajstić information content (AvgIpc) is 2.30. The predicted octanol–water partition coefficient (Wildman–Crippen LogP) is 1.57. The van der Waals surface area contributed by atoms with E-state index in [0.717, 1.165) is 14.7 Å². The molecule has 56 valence electrons. The summed E-state index contributed by atoms with van der Waals surface area (Å²) in [5.74, 6) is 0. The van der Waals surface area contributed by atoms with Crippen LogP contribution >= 0.6 is 22.6 Å². The van der Waals surface area contributed by atoms with E-state index in [1.165, 1.54) is 0 Å². The van der Waals surface area contributed by atoms with E-state index in [9.17, 15) is 0 Å². The highest BCUT2D eigenvalue weighted by atomic mass is 127. The van der Waals surface area contributed by atoms with Crippen LogP contribution in [0.5, 0.6) is 0 Å². The SMILES string of the molecule is Cn1nc(I)c2ncccc21. The molecule has 0 saturated heterocycles. The molecule has 4 heteroatoms. The molecule has 0 unspecified atom stereocenters. The summed E-state index contributed by atoms with van der Waals surface area (Å²) in [5, 5.41) is 4.23. The Labute approximate surface area is 77.6 Å². The van der Waals surface area contributed by atoms with E-state index in [4.69, 9.17) is 0 Å². The van der Waals surface area contributed by atoms with E-state index >= 15 is 0 Å². The molecule has 0 amide bonds. The molecule has 2 aromatic heterocycles. The molecule has 2 rings (SSSR count). The molecular formula is C7H6IN3. The largest absolute Gasteiger partial charge is 0.265 e. The number of nitrogens with zero attached hydrogens (tertiary/aromatic N) is 3. The first-order valence-corrected chi connectivity index (χ1v) is 4.30. The molecule has 0 atom stereocenters. The molecule has 0 radical (unpaired) electrons. The van der Waals surface area contributed by atoms with Gasteiger partial charge in [0, 0.05) is 13.2 Å². The highest BCUT2D eigenvalue weighted by molar-refractivity contribution is 14.1. The highest BCUT2D eigenvalue weighted by Gasteiger charge is 2.04. The van der Waals surface area contributed by atoms with E-state index in [1.807, 2.05) is 23.9 Å². The quantitative estimate of drug-likeness (QED) is 0.672. The van der Waals surface area contributed by atoms with Gasteiger partial charge in [-0.05, 0) is 34.7 Å². The van der Waals surface area contributed by atoms with Gasteiger partial charge in [0.1, 0.15) is 9.22 Å². The minimum absolute atomic E-state index is 0.959. The number of hydrogen-bond acceptors (Lipinski definition) is 2.